The number of rotatable bonds is 12. The summed E-state index contributed by atoms with van der Waals surface area (Å²) in [6, 6.07) is 39.6. The Morgan fingerprint density at radius 2 is 1.13 bits per heavy atom. The molecule has 1 heterocycles. The first-order valence-corrected chi connectivity index (χ1v) is 15.2. The molecule has 0 aliphatic heterocycles. The van der Waals surface area contributed by atoms with Gasteiger partial charge in [-0.1, -0.05) is 121 Å². The molecule has 1 amide bonds. The average Bonchev–Trinajstić information content (AvgIpc) is 3.08. The van der Waals surface area contributed by atoms with E-state index in [9.17, 15) is 14.4 Å². The van der Waals surface area contributed by atoms with Crippen LogP contribution < -0.4 is 32.5 Å². The highest BCUT2D eigenvalue weighted by Gasteiger charge is 2.14. The van der Waals surface area contributed by atoms with Gasteiger partial charge in [0.1, 0.15) is 17.2 Å². The molecule has 5 rings (SSSR count). The minimum atomic E-state index is -0.413. The number of benzene rings is 4. The molecule has 0 spiro atoms. The molecule has 0 aliphatic rings. The summed E-state index contributed by atoms with van der Waals surface area (Å²) >= 11 is 0. The van der Waals surface area contributed by atoms with E-state index in [1.54, 1.807) is 19.2 Å². The zero-order valence-electron chi connectivity index (χ0n) is 25.4. The van der Waals surface area contributed by atoms with Gasteiger partial charge in [-0.15, -0.1) is 0 Å². The number of hydrogen-bond acceptors (Lipinski definition) is 4. The van der Waals surface area contributed by atoms with E-state index < -0.39 is 5.56 Å². The SMILES string of the molecule is Cn1c(=O)c(=Cc2ccccc2)n(CC(=O)NCCNCCC(c2ccccc2)c2ccccc2)c(=O)c1=Cc1ccccc1. The van der Waals surface area contributed by atoms with Crippen LogP contribution in [0, 0.1) is 0 Å². The molecule has 0 bridgehead atoms. The fourth-order valence-electron chi connectivity index (χ4n) is 5.41. The smallest absolute Gasteiger partial charge is 0.275 e. The Kier molecular flexibility index (Phi) is 10.7. The van der Waals surface area contributed by atoms with Crippen LogP contribution in [0.1, 0.15) is 34.6 Å². The standard InChI is InChI=1S/C38H38N4O3/c1-41-34(26-29-14-6-2-7-15-29)38(45)42(35(37(41)44)27-30-16-8-3-9-17-30)28-36(43)40-25-24-39-23-22-33(31-18-10-4-11-19-31)32-20-12-5-13-21-32/h2-21,26-27,33,39H,22-25,28H2,1H3,(H,40,43). The van der Waals surface area contributed by atoms with Crippen LogP contribution >= 0.6 is 0 Å². The van der Waals surface area contributed by atoms with E-state index in [2.05, 4.69) is 59.2 Å². The molecule has 0 fully saturated rings. The molecular formula is C38H38N4O3. The maximum atomic E-state index is 13.8. The van der Waals surface area contributed by atoms with Gasteiger partial charge >= 0.3 is 0 Å². The van der Waals surface area contributed by atoms with Gasteiger partial charge in [-0.25, -0.2) is 0 Å². The predicted octanol–water partition coefficient (Wildman–Crippen LogP) is 3.13. The summed E-state index contributed by atoms with van der Waals surface area (Å²) in [4.78, 5) is 40.4. The van der Waals surface area contributed by atoms with Crippen LogP contribution in [0.4, 0.5) is 0 Å². The summed E-state index contributed by atoms with van der Waals surface area (Å²) in [5, 5.41) is 6.70. The van der Waals surface area contributed by atoms with E-state index in [-0.39, 0.29) is 34.6 Å². The van der Waals surface area contributed by atoms with E-state index in [0.29, 0.717) is 13.1 Å². The van der Waals surface area contributed by atoms with E-state index in [1.165, 1.54) is 20.3 Å². The molecule has 0 saturated heterocycles. The summed E-state index contributed by atoms with van der Waals surface area (Å²) in [6.07, 6.45) is 4.23. The van der Waals surface area contributed by atoms with Crippen molar-refractivity contribution >= 4 is 18.1 Å². The largest absolute Gasteiger partial charge is 0.353 e. The van der Waals surface area contributed by atoms with Gasteiger partial charge in [0, 0.05) is 26.1 Å². The van der Waals surface area contributed by atoms with Crippen molar-refractivity contribution in [1.29, 1.82) is 0 Å². The molecule has 45 heavy (non-hydrogen) atoms. The summed E-state index contributed by atoms with van der Waals surface area (Å²) in [5.74, 6) is -0.0739. The van der Waals surface area contributed by atoms with Crippen LogP contribution in [0.2, 0.25) is 0 Å². The van der Waals surface area contributed by atoms with Gasteiger partial charge in [-0.05, 0) is 47.4 Å². The molecule has 0 atom stereocenters. The second kappa shape index (κ2) is 15.5. The van der Waals surface area contributed by atoms with Crippen molar-refractivity contribution in [3.8, 4) is 0 Å². The van der Waals surface area contributed by atoms with Crippen molar-refractivity contribution in [3.05, 3.63) is 175 Å². The normalized spacial score (nSPS) is 12.0. The lowest BCUT2D eigenvalue weighted by atomic mass is 9.88. The molecule has 0 radical (unpaired) electrons. The molecule has 0 aliphatic carbocycles. The summed E-state index contributed by atoms with van der Waals surface area (Å²) in [6.45, 7) is 1.46. The van der Waals surface area contributed by atoms with E-state index in [0.717, 1.165) is 24.1 Å². The van der Waals surface area contributed by atoms with Gasteiger partial charge in [0.05, 0.1) is 0 Å². The van der Waals surface area contributed by atoms with Crippen LogP contribution in [0.5, 0.6) is 0 Å². The van der Waals surface area contributed by atoms with Crippen molar-refractivity contribution in [3.63, 3.8) is 0 Å². The van der Waals surface area contributed by atoms with E-state index in [4.69, 9.17) is 0 Å². The van der Waals surface area contributed by atoms with Crippen molar-refractivity contribution < 1.29 is 4.79 Å². The number of amides is 1. The third-order valence-corrected chi connectivity index (χ3v) is 7.79. The van der Waals surface area contributed by atoms with Crippen LogP contribution in [-0.2, 0) is 18.4 Å². The topological polar surface area (TPSA) is 85.1 Å². The maximum Gasteiger partial charge on any atom is 0.275 e. The zero-order valence-corrected chi connectivity index (χ0v) is 25.4. The zero-order chi connectivity index (χ0) is 31.4. The second-order valence-corrected chi connectivity index (χ2v) is 10.9. The fraction of sp³-hybridized carbons (Fsp3) is 0.184. The van der Waals surface area contributed by atoms with Crippen molar-refractivity contribution in [1.82, 2.24) is 19.8 Å². The van der Waals surface area contributed by atoms with Gasteiger partial charge in [0.25, 0.3) is 11.1 Å². The first-order valence-electron chi connectivity index (χ1n) is 15.2. The van der Waals surface area contributed by atoms with E-state index >= 15 is 0 Å². The molecule has 4 aromatic carbocycles. The Hall–Kier alpha value is -5.27. The Morgan fingerprint density at radius 1 is 0.644 bits per heavy atom. The monoisotopic (exact) mass is 598 g/mol. The van der Waals surface area contributed by atoms with E-state index in [1.807, 2.05) is 72.8 Å². The van der Waals surface area contributed by atoms with Crippen molar-refractivity contribution in [2.75, 3.05) is 19.6 Å². The van der Waals surface area contributed by atoms with Crippen molar-refractivity contribution in [2.45, 2.75) is 18.9 Å². The Morgan fingerprint density at radius 3 is 1.67 bits per heavy atom. The van der Waals surface area contributed by atoms with Gasteiger partial charge < -0.3 is 15.2 Å². The summed E-state index contributed by atoms with van der Waals surface area (Å²) < 4.78 is 2.62. The molecular weight excluding hydrogens is 560 g/mol. The molecule has 228 valence electrons. The lowest BCUT2D eigenvalue weighted by Gasteiger charge is -2.18. The van der Waals surface area contributed by atoms with Gasteiger partial charge in [-0.3, -0.25) is 19.0 Å². The third-order valence-electron chi connectivity index (χ3n) is 7.79. The maximum absolute atomic E-state index is 13.8. The molecule has 0 saturated carbocycles. The number of aromatic nitrogens is 2. The lowest BCUT2D eigenvalue weighted by molar-refractivity contribution is -0.121. The van der Waals surface area contributed by atoms with Crippen LogP contribution in [0.25, 0.3) is 12.2 Å². The fourth-order valence-corrected chi connectivity index (χ4v) is 5.41. The highest BCUT2D eigenvalue weighted by atomic mass is 16.2. The molecule has 7 heteroatoms. The number of nitrogens with one attached hydrogen (secondary N) is 2. The molecule has 5 aromatic rings. The third kappa shape index (κ3) is 8.22. The number of nitrogens with zero attached hydrogens (tertiary/aromatic N) is 2. The van der Waals surface area contributed by atoms with Crippen LogP contribution in [0.3, 0.4) is 0 Å². The van der Waals surface area contributed by atoms with Gasteiger partial charge in [0.15, 0.2) is 0 Å². The first kappa shape index (κ1) is 31.2. The Labute approximate surface area is 262 Å². The number of carbonyl (C=O) groups is 1. The summed E-state index contributed by atoms with van der Waals surface area (Å²) in [5.41, 5.74) is 3.31. The highest BCUT2D eigenvalue weighted by Crippen LogP contribution is 2.27. The van der Waals surface area contributed by atoms with Crippen LogP contribution in [0.15, 0.2) is 131 Å². The van der Waals surface area contributed by atoms with Gasteiger partial charge in [0.2, 0.25) is 5.91 Å². The Balaban J connectivity index is 1.28. The minimum Gasteiger partial charge on any atom is -0.353 e. The average molecular weight is 599 g/mol. The summed E-state index contributed by atoms with van der Waals surface area (Å²) in [7, 11) is 1.58. The molecule has 0 unspecified atom stereocenters. The Bertz CT molecular complexity index is 1900. The van der Waals surface area contributed by atoms with Crippen LogP contribution in [-0.4, -0.2) is 34.7 Å². The first-order chi connectivity index (χ1) is 22.0. The lowest BCUT2D eigenvalue weighted by Crippen LogP contribution is -2.58. The second-order valence-electron chi connectivity index (χ2n) is 10.9. The number of carbonyl (C=O) groups excluding carboxylic acids is 1. The predicted molar refractivity (Wildman–Crippen MR) is 180 cm³/mol. The quantitative estimate of drug-likeness (QED) is 0.216. The molecule has 2 N–H and O–H groups in total. The minimum absolute atomic E-state index is 0.153. The molecule has 7 nitrogen and oxygen atoms in total. The van der Waals surface area contributed by atoms with Gasteiger partial charge in [-0.2, -0.15) is 0 Å². The molecule has 1 aromatic heterocycles. The van der Waals surface area contributed by atoms with Crippen molar-refractivity contribution in [2.24, 2.45) is 7.05 Å². The number of hydrogen-bond donors (Lipinski definition) is 2. The highest BCUT2D eigenvalue weighted by molar-refractivity contribution is 5.75.